The standard InChI is InChI=1S/C20H30N4O2/c1-22-11-17(10-21-22)12-23-7-8-26-19-15-24(14-18(19)13-23)20(25)9-16-5-3-2-4-6-16/h5,10-11,18-19H,2-4,6-9,12-15H2,1H3/t18-,19+/m1/s1. The minimum Gasteiger partial charge on any atom is -0.375 e. The van der Waals surface area contributed by atoms with E-state index in [1.165, 1.54) is 24.0 Å². The number of amides is 1. The predicted molar refractivity (Wildman–Crippen MR) is 99.5 cm³/mol. The summed E-state index contributed by atoms with van der Waals surface area (Å²) in [5.74, 6) is 0.701. The Bertz CT molecular complexity index is 669. The third kappa shape index (κ3) is 4.18. The molecule has 0 N–H and O–H groups in total. The number of aryl methyl sites for hydroxylation is 1. The van der Waals surface area contributed by atoms with Gasteiger partial charge in [-0.2, -0.15) is 5.10 Å². The molecule has 2 aliphatic heterocycles. The molecular formula is C20H30N4O2. The average Bonchev–Trinajstić information content (AvgIpc) is 3.17. The van der Waals surface area contributed by atoms with Crippen molar-refractivity contribution in [3.63, 3.8) is 0 Å². The monoisotopic (exact) mass is 358 g/mol. The van der Waals surface area contributed by atoms with E-state index in [9.17, 15) is 4.79 Å². The normalized spacial score (nSPS) is 27.1. The van der Waals surface area contributed by atoms with Crippen molar-refractivity contribution in [3.05, 3.63) is 29.6 Å². The Morgan fingerprint density at radius 2 is 2.23 bits per heavy atom. The first-order chi connectivity index (χ1) is 12.7. The van der Waals surface area contributed by atoms with Crippen molar-refractivity contribution >= 4 is 5.91 Å². The van der Waals surface area contributed by atoms with Gasteiger partial charge in [-0.15, -0.1) is 0 Å². The van der Waals surface area contributed by atoms with Gasteiger partial charge in [0.05, 0.1) is 18.9 Å². The van der Waals surface area contributed by atoms with Crippen LogP contribution in [0.2, 0.25) is 0 Å². The number of fused-ring (bicyclic) bond motifs is 1. The summed E-state index contributed by atoms with van der Waals surface area (Å²) in [7, 11) is 1.95. The van der Waals surface area contributed by atoms with E-state index in [4.69, 9.17) is 4.74 Å². The molecule has 2 atom stereocenters. The molecule has 26 heavy (non-hydrogen) atoms. The van der Waals surface area contributed by atoms with Crippen LogP contribution in [0.4, 0.5) is 0 Å². The average molecular weight is 358 g/mol. The Morgan fingerprint density at radius 3 is 3.00 bits per heavy atom. The molecule has 0 unspecified atom stereocenters. The number of nitrogens with zero attached hydrogens (tertiary/aromatic N) is 4. The molecule has 142 valence electrons. The molecule has 3 aliphatic rings. The summed E-state index contributed by atoms with van der Waals surface area (Å²) < 4.78 is 7.95. The first kappa shape index (κ1) is 17.7. The second-order valence-electron chi connectivity index (χ2n) is 8.01. The van der Waals surface area contributed by atoms with Gasteiger partial charge in [-0.25, -0.2) is 0 Å². The van der Waals surface area contributed by atoms with Crippen molar-refractivity contribution in [3.8, 4) is 0 Å². The van der Waals surface area contributed by atoms with Gasteiger partial charge in [0.2, 0.25) is 5.91 Å². The maximum atomic E-state index is 12.7. The number of carbonyl (C=O) groups is 1. The number of carbonyl (C=O) groups excluding carboxylic acids is 1. The third-order valence-corrected chi connectivity index (χ3v) is 5.89. The van der Waals surface area contributed by atoms with Crippen LogP contribution in [-0.4, -0.2) is 64.4 Å². The van der Waals surface area contributed by atoms with Crippen molar-refractivity contribution in [2.45, 2.75) is 44.8 Å². The lowest BCUT2D eigenvalue weighted by Crippen LogP contribution is -2.33. The molecule has 6 nitrogen and oxygen atoms in total. The van der Waals surface area contributed by atoms with Crippen molar-refractivity contribution in [2.24, 2.45) is 13.0 Å². The molecule has 0 spiro atoms. The summed E-state index contributed by atoms with van der Waals surface area (Å²) in [4.78, 5) is 17.2. The highest BCUT2D eigenvalue weighted by molar-refractivity contribution is 5.79. The number of likely N-dealkylation sites (tertiary alicyclic amines) is 1. The number of allylic oxidation sites excluding steroid dienone is 1. The van der Waals surface area contributed by atoms with Crippen molar-refractivity contribution < 1.29 is 9.53 Å². The van der Waals surface area contributed by atoms with Crippen molar-refractivity contribution in [2.75, 3.05) is 32.8 Å². The van der Waals surface area contributed by atoms with E-state index in [2.05, 4.69) is 22.3 Å². The number of rotatable bonds is 4. The molecule has 0 bridgehead atoms. The lowest BCUT2D eigenvalue weighted by atomic mass is 9.97. The van der Waals surface area contributed by atoms with Gasteiger partial charge in [0.25, 0.3) is 0 Å². The van der Waals surface area contributed by atoms with Gasteiger partial charge in [-0.1, -0.05) is 11.6 Å². The summed E-state index contributed by atoms with van der Waals surface area (Å²) in [6.45, 7) is 5.18. The second-order valence-corrected chi connectivity index (χ2v) is 8.01. The Hall–Kier alpha value is -1.66. The van der Waals surface area contributed by atoms with Crippen molar-refractivity contribution in [1.29, 1.82) is 0 Å². The Balaban J connectivity index is 1.33. The molecule has 0 aromatic carbocycles. The molecule has 1 aromatic heterocycles. The van der Waals surface area contributed by atoms with Gasteiger partial charge in [-0.05, 0) is 25.7 Å². The first-order valence-corrected chi connectivity index (χ1v) is 9.94. The molecule has 1 amide bonds. The molecule has 6 heteroatoms. The molecule has 4 rings (SSSR count). The molecule has 3 heterocycles. The minimum atomic E-state index is 0.193. The Morgan fingerprint density at radius 1 is 1.31 bits per heavy atom. The maximum Gasteiger partial charge on any atom is 0.226 e. The molecule has 2 saturated heterocycles. The van der Waals surface area contributed by atoms with Crippen LogP contribution >= 0.6 is 0 Å². The lowest BCUT2D eigenvalue weighted by molar-refractivity contribution is -0.130. The molecule has 1 aromatic rings. The fraction of sp³-hybridized carbons (Fsp3) is 0.700. The number of aromatic nitrogens is 2. The zero-order chi connectivity index (χ0) is 17.9. The van der Waals surface area contributed by atoms with Crippen LogP contribution in [0.1, 0.15) is 37.7 Å². The summed E-state index contributed by atoms with van der Waals surface area (Å²) in [5, 5.41) is 4.26. The van der Waals surface area contributed by atoms with Crippen molar-refractivity contribution in [1.82, 2.24) is 19.6 Å². The fourth-order valence-electron chi connectivity index (χ4n) is 4.49. The van der Waals surface area contributed by atoms with Crippen LogP contribution in [0, 0.1) is 5.92 Å². The molecule has 0 saturated carbocycles. The van der Waals surface area contributed by atoms with Crippen LogP contribution < -0.4 is 0 Å². The van der Waals surface area contributed by atoms with Gasteiger partial charge in [0.1, 0.15) is 0 Å². The van der Waals surface area contributed by atoms with Gasteiger partial charge < -0.3 is 9.64 Å². The van der Waals surface area contributed by atoms with E-state index in [0.29, 0.717) is 12.3 Å². The zero-order valence-electron chi connectivity index (χ0n) is 15.8. The Kier molecular flexibility index (Phi) is 5.41. The fourth-order valence-corrected chi connectivity index (χ4v) is 4.49. The van der Waals surface area contributed by atoms with E-state index >= 15 is 0 Å². The molecular weight excluding hydrogens is 328 g/mol. The lowest BCUT2D eigenvalue weighted by Gasteiger charge is -2.23. The highest BCUT2D eigenvalue weighted by atomic mass is 16.5. The topological polar surface area (TPSA) is 50.6 Å². The molecule has 1 aliphatic carbocycles. The van der Waals surface area contributed by atoms with Gasteiger partial charge in [-0.3, -0.25) is 14.4 Å². The van der Waals surface area contributed by atoms with E-state index < -0.39 is 0 Å². The Labute approximate surface area is 155 Å². The van der Waals surface area contributed by atoms with Gasteiger partial charge in [0, 0.05) is 63.9 Å². The van der Waals surface area contributed by atoms with Crippen LogP contribution in [0.3, 0.4) is 0 Å². The van der Waals surface area contributed by atoms with E-state index in [1.54, 1.807) is 0 Å². The van der Waals surface area contributed by atoms with E-state index in [-0.39, 0.29) is 12.0 Å². The zero-order valence-corrected chi connectivity index (χ0v) is 15.8. The second kappa shape index (κ2) is 7.92. The van der Waals surface area contributed by atoms with Gasteiger partial charge >= 0.3 is 0 Å². The van der Waals surface area contributed by atoms with Gasteiger partial charge in [0.15, 0.2) is 0 Å². The maximum absolute atomic E-state index is 12.7. The summed E-state index contributed by atoms with van der Waals surface area (Å²) >= 11 is 0. The largest absolute Gasteiger partial charge is 0.375 e. The summed E-state index contributed by atoms with van der Waals surface area (Å²) in [6.07, 6.45) is 11.8. The number of ether oxygens (including phenoxy) is 1. The molecule has 2 fully saturated rings. The molecule has 0 radical (unpaired) electrons. The van der Waals surface area contributed by atoms with E-state index in [1.807, 2.05) is 22.8 Å². The van der Waals surface area contributed by atoms with Crippen LogP contribution in [0.25, 0.3) is 0 Å². The van der Waals surface area contributed by atoms with Crippen LogP contribution in [-0.2, 0) is 23.1 Å². The quantitative estimate of drug-likeness (QED) is 0.772. The third-order valence-electron chi connectivity index (χ3n) is 5.89. The van der Waals surface area contributed by atoms with E-state index in [0.717, 1.165) is 52.2 Å². The first-order valence-electron chi connectivity index (χ1n) is 9.94. The minimum absolute atomic E-state index is 0.193. The number of hydrogen-bond acceptors (Lipinski definition) is 4. The highest BCUT2D eigenvalue weighted by Crippen LogP contribution is 2.27. The highest BCUT2D eigenvalue weighted by Gasteiger charge is 2.38. The summed E-state index contributed by atoms with van der Waals surface area (Å²) in [6, 6.07) is 0. The SMILES string of the molecule is Cn1cc(CN2CCO[C@H]3CN(C(=O)CC4=CCCCC4)C[C@H]3C2)cn1. The number of hydrogen-bond donors (Lipinski definition) is 0. The smallest absolute Gasteiger partial charge is 0.226 e. The van der Waals surface area contributed by atoms with Crippen LogP contribution in [0.5, 0.6) is 0 Å². The summed E-state index contributed by atoms with van der Waals surface area (Å²) in [5.41, 5.74) is 2.58. The van der Waals surface area contributed by atoms with Crippen LogP contribution in [0.15, 0.2) is 24.0 Å². The predicted octanol–water partition coefficient (Wildman–Crippen LogP) is 1.97.